The van der Waals surface area contributed by atoms with Gasteiger partial charge in [0, 0.05) is 5.56 Å². The molecule has 0 unspecified atom stereocenters. The highest BCUT2D eigenvalue weighted by molar-refractivity contribution is 7.16. The Morgan fingerprint density at radius 2 is 1.83 bits per heavy atom. The lowest BCUT2D eigenvalue weighted by atomic mass is 10.0. The Bertz CT molecular complexity index is 883. The van der Waals surface area contributed by atoms with Gasteiger partial charge in [-0.05, 0) is 37.1 Å². The van der Waals surface area contributed by atoms with E-state index in [1.165, 1.54) is 11.3 Å². The zero-order valence-electron chi connectivity index (χ0n) is 13.5. The van der Waals surface area contributed by atoms with Crippen LogP contribution in [0.15, 0.2) is 48.0 Å². The summed E-state index contributed by atoms with van der Waals surface area (Å²) in [5, 5.41) is 0. The van der Waals surface area contributed by atoms with Crippen LogP contribution in [0.2, 0.25) is 0 Å². The lowest BCUT2D eigenvalue weighted by Gasteiger charge is -2.12. The minimum atomic E-state index is -0.831. The Morgan fingerprint density at radius 1 is 1.12 bits per heavy atom. The number of carbonyl (C=O) groups excluding carboxylic acids is 2. The molecule has 0 amide bonds. The summed E-state index contributed by atoms with van der Waals surface area (Å²) in [7, 11) is 0. The third-order valence-corrected chi connectivity index (χ3v) is 4.66. The maximum absolute atomic E-state index is 12.4. The van der Waals surface area contributed by atoms with Crippen molar-refractivity contribution in [3.05, 3.63) is 64.7 Å². The summed E-state index contributed by atoms with van der Waals surface area (Å²) < 4.78 is 6.25. The lowest BCUT2D eigenvalue weighted by Crippen LogP contribution is -2.24. The number of benzene rings is 2. The van der Waals surface area contributed by atoms with Gasteiger partial charge in [0.1, 0.15) is 0 Å². The number of Topliss-reactive ketones (excluding diaryl/α,β-unsaturated/α-hetero) is 1. The van der Waals surface area contributed by atoms with E-state index in [2.05, 4.69) is 11.9 Å². The second-order valence-corrected chi connectivity index (χ2v) is 6.38. The van der Waals surface area contributed by atoms with Gasteiger partial charge in [-0.3, -0.25) is 4.79 Å². The number of rotatable bonds is 5. The summed E-state index contributed by atoms with van der Waals surface area (Å²) in [6.07, 6.45) is 0.0844. The Kier molecular flexibility index (Phi) is 4.71. The molecule has 3 rings (SSSR count). The fourth-order valence-corrected chi connectivity index (χ4v) is 3.12. The summed E-state index contributed by atoms with van der Waals surface area (Å²) in [5.74, 6) is -0.707. The number of aromatic nitrogens is 1. The van der Waals surface area contributed by atoms with Crippen molar-refractivity contribution in [1.29, 1.82) is 0 Å². The highest BCUT2D eigenvalue weighted by atomic mass is 32.1. The molecule has 2 aromatic carbocycles. The predicted molar refractivity (Wildman–Crippen MR) is 94.6 cm³/mol. The molecule has 0 saturated heterocycles. The fraction of sp³-hybridized carbons (Fsp3) is 0.211. The van der Waals surface area contributed by atoms with E-state index in [4.69, 9.17) is 4.74 Å². The number of ether oxygens (including phenoxy) is 1. The Hall–Kier alpha value is -2.53. The smallest absolute Gasteiger partial charge is 0.338 e. The zero-order chi connectivity index (χ0) is 17.1. The van der Waals surface area contributed by atoms with Crippen molar-refractivity contribution in [2.24, 2.45) is 0 Å². The first-order valence-corrected chi connectivity index (χ1v) is 8.64. The Balaban J connectivity index is 1.71. The molecule has 24 heavy (non-hydrogen) atoms. The monoisotopic (exact) mass is 339 g/mol. The van der Waals surface area contributed by atoms with Crippen molar-refractivity contribution >= 4 is 33.3 Å². The molecule has 0 aliphatic heterocycles. The molecule has 0 bridgehead atoms. The molecule has 0 aliphatic carbocycles. The van der Waals surface area contributed by atoms with E-state index < -0.39 is 12.1 Å². The molecule has 0 saturated carbocycles. The standard InChI is InChI=1S/C19H17NO3S/c1-3-13-4-6-14(7-5-13)18(21)12(2)23-19(22)15-8-9-16-17(10-15)24-11-20-16/h4-12H,3H2,1-2H3/t12-/m0/s1. The molecule has 0 fully saturated rings. The van der Waals surface area contributed by atoms with Gasteiger partial charge in [0.25, 0.3) is 0 Å². The number of thiazole rings is 1. The second kappa shape index (κ2) is 6.93. The van der Waals surface area contributed by atoms with Crippen LogP contribution < -0.4 is 0 Å². The molecule has 1 atom stereocenters. The van der Waals surface area contributed by atoms with Crippen molar-refractivity contribution in [2.45, 2.75) is 26.4 Å². The number of hydrogen-bond acceptors (Lipinski definition) is 5. The maximum atomic E-state index is 12.4. The minimum Gasteiger partial charge on any atom is -0.451 e. The van der Waals surface area contributed by atoms with Gasteiger partial charge >= 0.3 is 5.97 Å². The van der Waals surface area contributed by atoms with E-state index in [1.54, 1.807) is 42.8 Å². The lowest BCUT2D eigenvalue weighted by molar-refractivity contribution is 0.0319. The van der Waals surface area contributed by atoms with Crippen LogP contribution in [0.3, 0.4) is 0 Å². The van der Waals surface area contributed by atoms with Gasteiger partial charge in [-0.1, -0.05) is 31.2 Å². The first kappa shape index (κ1) is 16.3. The van der Waals surface area contributed by atoms with E-state index in [0.29, 0.717) is 11.1 Å². The van der Waals surface area contributed by atoms with Crippen molar-refractivity contribution in [2.75, 3.05) is 0 Å². The molecule has 4 nitrogen and oxygen atoms in total. The van der Waals surface area contributed by atoms with Gasteiger partial charge in [0.05, 0.1) is 21.3 Å². The molecular formula is C19H17NO3S. The van der Waals surface area contributed by atoms with Gasteiger partial charge in [-0.2, -0.15) is 0 Å². The van der Waals surface area contributed by atoms with Crippen molar-refractivity contribution in [1.82, 2.24) is 4.98 Å². The third kappa shape index (κ3) is 3.36. The van der Waals surface area contributed by atoms with Crippen molar-refractivity contribution in [3.8, 4) is 0 Å². The summed E-state index contributed by atoms with van der Waals surface area (Å²) in [6, 6.07) is 12.6. The highest BCUT2D eigenvalue weighted by Gasteiger charge is 2.20. The fourth-order valence-electron chi connectivity index (χ4n) is 2.40. The average Bonchev–Trinajstić information content (AvgIpc) is 3.08. The molecule has 0 radical (unpaired) electrons. The predicted octanol–water partition coefficient (Wildman–Crippen LogP) is 4.29. The SMILES string of the molecule is CCc1ccc(C(=O)[C@H](C)OC(=O)c2ccc3ncsc3c2)cc1. The number of nitrogens with zero attached hydrogens (tertiary/aromatic N) is 1. The van der Waals surface area contributed by atoms with E-state index in [-0.39, 0.29) is 5.78 Å². The Morgan fingerprint density at radius 3 is 2.54 bits per heavy atom. The van der Waals surface area contributed by atoms with Gasteiger partial charge in [-0.25, -0.2) is 9.78 Å². The van der Waals surface area contributed by atoms with Crippen LogP contribution in [-0.4, -0.2) is 22.8 Å². The molecule has 0 aliphatic rings. The first-order chi connectivity index (χ1) is 11.6. The topological polar surface area (TPSA) is 56.3 Å². The molecule has 1 heterocycles. The van der Waals surface area contributed by atoms with Crippen LogP contribution in [0, 0.1) is 0 Å². The van der Waals surface area contributed by atoms with E-state index in [1.807, 2.05) is 12.1 Å². The summed E-state index contributed by atoms with van der Waals surface area (Å²) in [6.45, 7) is 3.65. The summed E-state index contributed by atoms with van der Waals surface area (Å²) >= 11 is 1.46. The van der Waals surface area contributed by atoms with Gasteiger partial charge in [0.15, 0.2) is 6.10 Å². The van der Waals surface area contributed by atoms with Gasteiger partial charge in [0.2, 0.25) is 5.78 Å². The summed E-state index contributed by atoms with van der Waals surface area (Å²) in [5.41, 5.74) is 4.70. The summed E-state index contributed by atoms with van der Waals surface area (Å²) in [4.78, 5) is 28.8. The van der Waals surface area contributed by atoms with Crippen LogP contribution in [-0.2, 0) is 11.2 Å². The van der Waals surface area contributed by atoms with Gasteiger partial charge in [-0.15, -0.1) is 11.3 Å². The third-order valence-electron chi connectivity index (χ3n) is 3.87. The molecule has 122 valence electrons. The van der Waals surface area contributed by atoms with Crippen LogP contribution in [0.5, 0.6) is 0 Å². The average molecular weight is 339 g/mol. The van der Waals surface area contributed by atoms with Crippen LogP contribution in [0.1, 0.15) is 40.1 Å². The quantitative estimate of drug-likeness (QED) is 0.514. The number of fused-ring (bicyclic) bond motifs is 1. The van der Waals surface area contributed by atoms with E-state index in [0.717, 1.165) is 22.2 Å². The number of esters is 1. The molecule has 5 heteroatoms. The largest absolute Gasteiger partial charge is 0.451 e. The van der Waals surface area contributed by atoms with Crippen LogP contribution in [0.25, 0.3) is 10.2 Å². The number of hydrogen-bond donors (Lipinski definition) is 0. The van der Waals surface area contributed by atoms with E-state index in [9.17, 15) is 9.59 Å². The highest BCUT2D eigenvalue weighted by Crippen LogP contribution is 2.20. The Labute approximate surface area is 144 Å². The maximum Gasteiger partial charge on any atom is 0.338 e. The number of ketones is 1. The molecular weight excluding hydrogens is 322 g/mol. The van der Waals surface area contributed by atoms with Crippen molar-refractivity contribution in [3.63, 3.8) is 0 Å². The minimum absolute atomic E-state index is 0.204. The first-order valence-electron chi connectivity index (χ1n) is 7.76. The van der Waals surface area contributed by atoms with Crippen LogP contribution >= 0.6 is 11.3 Å². The van der Waals surface area contributed by atoms with Crippen LogP contribution in [0.4, 0.5) is 0 Å². The van der Waals surface area contributed by atoms with Crippen molar-refractivity contribution < 1.29 is 14.3 Å². The number of carbonyl (C=O) groups is 2. The molecule has 0 spiro atoms. The molecule has 0 N–H and O–H groups in total. The van der Waals surface area contributed by atoms with Gasteiger partial charge < -0.3 is 4.74 Å². The molecule has 3 aromatic rings. The van der Waals surface area contributed by atoms with E-state index >= 15 is 0 Å². The number of aryl methyl sites for hydroxylation is 1. The normalized spacial score (nSPS) is 12.1. The zero-order valence-corrected chi connectivity index (χ0v) is 14.3. The molecule has 1 aromatic heterocycles. The second-order valence-electron chi connectivity index (χ2n) is 5.50.